The van der Waals surface area contributed by atoms with Crippen LogP contribution in [0.4, 0.5) is 0 Å². The van der Waals surface area contributed by atoms with Gasteiger partial charge in [0.25, 0.3) is 0 Å². The van der Waals surface area contributed by atoms with Crippen LogP contribution in [-0.4, -0.2) is 30.4 Å². The van der Waals surface area contributed by atoms with Crippen LogP contribution in [0.5, 0.6) is 17.2 Å². The van der Waals surface area contributed by atoms with Gasteiger partial charge in [-0.15, -0.1) is 0 Å². The van der Waals surface area contributed by atoms with Crippen LogP contribution >= 0.6 is 0 Å². The van der Waals surface area contributed by atoms with E-state index >= 15 is 0 Å². The van der Waals surface area contributed by atoms with Crippen LogP contribution in [0.2, 0.25) is 0 Å². The number of esters is 1. The molecule has 25 heavy (non-hydrogen) atoms. The highest BCUT2D eigenvalue weighted by molar-refractivity contribution is 5.89. The molecule has 5 heteroatoms. The van der Waals surface area contributed by atoms with E-state index in [9.17, 15) is 9.90 Å². The average Bonchev–Trinajstić information content (AvgIpc) is 2.62. The Morgan fingerprint density at radius 3 is 2.20 bits per heavy atom. The fourth-order valence-electron chi connectivity index (χ4n) is 2.06. The zero-order valence-corrected chi connectivity index (χ0v) is 14.6. The Kier molecular flexibility index (Phi) is 7.14. The minimum Gasteiger partial charge on any atom is -0.508 e. The maximum absolute atomic E-state index is 12.0. The Morgan fingerprint density at radius 2 is 1.60 bits per heavy atom. The van der Waals surface area contributed by atoms with Gasteiger partial charge in [-0.05, 0) is 61.9 Å². The molecule has 0 saturated heterocycles. The molecule has 1 N–H and O–H groups in total. The summed E-state index contributed by atoms with van der Waals surface area (Å²) in [4.78, 5) is 12.0. The Balaban J connectivity index is 1.76. The summed E-state index contributed by atoms with van der Waals surface area (Å²) in [6, 6.07) is 13.3. The van der Waals surface area contributed by atoms with Crippen molar-refractivity contribution in [2.24, 2.45) is 0 Å². The van der Waals surface area contributed by atoms with Gasteiger partial charge in [0.15, 0.2) is 0 Å². The molecule has 0 heterocycles. The van der Waals surface area contributed by atoms with Gasteiger partial charge >= 0.3 is 5.97 Å². The number of unbranched alkanes of at least 4 members (excludes halogenated alkanes) is 1. The van der Waals surface area contributed by atoms with Gasteiger partial charge in [-0.1, -0.05) is 13.3 Å². The van der Waals surface area contributed by atoms with Crippen molar-refractivity contribution < 1.29 is 24.1 Å². The minimum atomic E-state index is -0.448. The Bertz CT molecular complexity index is 649. The van der Waals surface area contributed by atoms with Gasteiger partial charge in [0, 0.05) is 0 Å². The Labute approximate surface area is 148 Å². The van der Waals surface area contributed by atoms with E-state index in [1.54, 1.807) is 6.92 Å². The summed E-state index contributed by atoms with van der Waals surface area (Å²) in [7, 11) is 0. The van der Waals surface area contributed by atoms with Gasteiger partial charge in [0.05, 0.1) is 12.2 Å². The summed E-state index contributed by atoms with van der Waals surface area (Å²) < 4.78 is 16.5. The van der Waals surface area contributed by atoms with Gasteiger partial charge in [-0.25, -0.2) is 4.79 Å². The van der Waals surface area contributed by atoms with Gasteiger partial charge in [0.1, 0.15) is 30.0 Å². The number of benzene rings is 2. The summed E-state index contributed by atoms with van der Waals surface area (Å²) in [5, 5.41) is 9.23. The minimum absolute atomic E-state index is 0.107. The first-order valence-electron chi connectivity index (χ1n) is 8.44. The fourth-order valence-corrected chi connectivity index (χ4v) is 2.06. The summed E-state index contributed by atoms with van der Waals surface area (Å²) in [5.41, 5.74) is 0.387. The van der Waals surface area contributed by atoms with E-state index in [1.165, 1.54) is 24.3 Å². The highest BCUT2D eigenvalue weighted by atomic mass is 16.6. The van der Waals surface area contributed by atoms with Crippen LogP contribution in [0.3, 0.4) is 0 Å². The number of hydrogen-bond acceptors (Lipinski definition) is 5. The first kappa shape index (κ1) is 18.6. The molecule has 0 radical (unpaired) electrons. The molecular weight excluding hydrogens is 320 g/mol. The van der Waals surface area contributed by atoms with Crippen LogP contribution in [-0.2, 0) is 4.74 Å². The van der Waals surface area contributed by atoms with E-state index in [2.05, 4.69) is 6.92 Å². The fraction of sp³-hybridized carbons (Fsp3) is 0.350. The molecule has 0 bridgehead atoms. The van der Waals surface area contributed by atoms with Crippen molar-refractivity contribution >= 4 is 5.97 Å². The molecule has 0 aliphatic rings. The monoisotopic (exact) mass is 344 g/mol. The number of carbonyl (C=O) groups is 1. The lowest BCUT2D eigenvalue weighted by Gasteiger charge is -2.15. The van der Waals surface area contributed by atoms with Crippen LogP contribution in [0.15, 0.2) is 48.5 Å². The van der Waals surface area contributed by atoms with E-state index in [0.717, 1.165) is 18.6 Å². The van der Waals surface area contributed by atoms with E-state index in [4.69, 9.17) is 14.2 Å². The number of ether oxygens (including phenoxy) is 3. The molecule has 0 saturated carbocycles. The molecule has 0 aliphatic heterocycles. The molecule has 5 nitrogen and oxygen atoms in total. The van der Waals surface area contributed by atoms with Crippen LogP contribution in [0, 0.1) is 0 Å². The van der Waals surface area contributed by atoms with Crippen LogP contribution in [0.1, 0.15) is 37.0 Å². The first-order valence-corrected chi connectivity index (χ1v) is 8.44. The van der Waals surface area contributed by atoms with Crippen molar-refractivity contribution in [1.29, 1.82) is 0 Å². The molecule has 2 aromatic carbocycles. The van der Waals surface area contributed by atoms with Crippen molar-refractivity contribution in [3.05, 3.63) is 54.1 Å². The topological polar surface area (TPSA) is 65.0 Å². The molecule has 0 aliphatic carbocycles. The molecule has 1 atom stereocenters. The van der Waals surface area contributed by atoms with E-state index < -0.39 is 12.1 Å². The number of rotatable bonds is 9. The number of phenols is 1. The maximum atomic E-state index is 12.0. The molecule has 2 rings (SSSR count). The van der Waals surface area contributed by atoms with Crippen LogP contribution in [0.25, 0.3) is 0 Å². The quantitative estimate of drug-likeness (QED) is 0.546. The second-order valence-electron chi connectivity index (χ2n) is 5.75. The van der Waals surface area contributed by atoms with Crippen molar-refractivity contribution in [3.8, 4) is 17.2 Å². The molecule has 0 spiro atoms. The molecule has 2 aromatic rings. The Morgan fingerprint density at radius 1 is 1.00 bits per heavy atom. The summed E-state index contributed by atoms with van der Waals surface area (Å²) >= 11 is 0. The van der Waals surface area contributed by atoms with Gasteiger partial charge in [-0.3, -0.25) is 0 Å². The average molecular weight is 344 g/mol. The number of aromatic hydroxyl groups is 1. The summed E-state index contributed by atoms with van der Waals surface area (Å²) in [5.74, 6) is 1.16. The molecule has 134 valence electrons. The maximum Gasteiger partial charge on any atom is 0.338 e. The number of phenolic OH excluding ortho intramolecular Hbond substituents is 1. The SMILES string of the molecule is CCCCOc1ccc(OCC(C)OC(=O)c2ccc(O)cc2)cc1. The predicted octanol–water partition coefficient (Wildman–Crippen LogP) is 4.20. The molecule has 0 aromatic heterocycles. The standard InChI is InChI=1S/C20H24O5/c1-3-4-13-23-18-9-11-19(12-10-18)24-14-15(2)25-20(22)16-5-7-17(21)8-6-16/h5-12,15,21H,3-4,13-14H2,1-2H3. The van der Waals surface area contributed by atoms with Crippen molar-refractivity contribution in [3.63, 3.8) is 0 Å². The third kappa shape index (κ3) is 6.37. The molecular formula is C20H24O5. The van der Waals surface area contributed by atoms with Gasteiger partial charge in [0.2, 0.25) is 0 Å². The normalized spacial score (nSPS) is 11.6. The lowest BCUT2D eigenvalue weighted by atomic mass is 10.2. The molecule has 1 unspecified atom stereocenters. The zero-order valence-electron chi connectivity index (χ0n) is 14.6. The van der Waals surface area contributed by atoms with E-state index in [1.807, 2.05) is 24.3 Å². The first-order chi connectivity index (χ1) is 12.1. The summed E-state index contributed by atoms with van der Waals surface area (Å²) in [6.07, 6.45) is 1.73. The van der Waals surface area contributed by atoms with E-state index in [-0.39, 0.29) is 12.4 Å². The highest BCUT2D eigenvalue weighted by Gasteiger charge is 2.12. The summed E-state index contributed by atoms with van der Waals surface area (Å²) in [6.45, 7) is 4.84. The van der Waals surface area contributed by atoms with Crippen molar-refractivity contribution in [2.75, 3.05) is 13.2 Å². The van der Waals surface area contributed by atoms with Crippen LogP contribution < -0.4 is 9.47 Å². The molecule has 0 amide bonds. The van der Waals surface area contributed by atoms with E-state index in [0.29, 0.717) is 17.9 Å². The third-order valence-electron chi connectivity index (χ3n) is 3.49. The van der Waals surface area contributed by atoms with Gasteiger partial charge in [-0.2, -0.15) is 0 Å². The Hall–Kier alpha value is -2.69. The third-order valence-corrected chi connectivity index (χ3v) is 3.49. The largest absolute Gasteiger partial charge is 0.508 e. The smallest absolute Gasteiger partial charge is 0.338 e. The number of hydrogen-bond donors (Lipinski definition) is 1. The van der Waals surface area contributed by atoms with Crippen molar-refractivity contribution in [2.45, 2.75) is 32.8 Å². The molecule has 0 fully saturated rings. The number of carbonyl (C=O) groups excluding carboxylic acids is 1. The highest BCUT2D eigenvalue weighted by Crippen LogP contribution is 2.18. The lowest BCUT2D eigenvalue weighted by molar-refractivity contribution is 0.0228. The second-order valence-corrected chi connectivity index (χ2v) is 5.75. The van der Waals surface area contributed by atoms with Gasteiger partial charge < -0.3 is 19.3 Å². The zero-order chi connectivity index (χ0) is 18.1. The second kappa shape index (κ2) is 9.57. The lowest BCUT2D eigenvalue weighted by Crippen LogP contribution is -2.22. The predicted molar refractivity (Wildman–Crippen MR) is 95.3 cm³/mol. The van der Waals surface area contributed by atoms with Crippen molar-refractivity contribution in [1.82, 2.24) is 0 Å².